The number of aromatic amines is 1. The monoisotopic (exact) mass is 187 g/mol. The van der Waals surface area contributed by atoms with E-state index in [4.69, 9.17) is 5.73 Å². The van der Waals surface area contributed by atoms with Crippen molar-refractivity contribution in [1.29, 1.82) is 0 Å². The van der Waals surface area contributed by atoms with Crippen LogP contribution in [0.5, 0.6) is 0 Å². The fraction of sp³-hybridized carbons (Fsp3) is 0.364. The minimum atomic E-state index is 0.665. The molecule has 0 radical (unpaired) electrons. The first-order valence-electron chi connectivity index (χ1n) is 5.02. The number of fused-ring (bicyclic) bond motifs is 1. The zero-order valence-electron chi connectivity index (χ0n) is 7.90. The number of hydrogen-bond donors (Lipinski definition) is 2. The molecular formula is C11H13N3. The second kappa shape index (κ2) is 2.82. The molecule has 0 spiro atoms. The molecule has 3 N–H and O–H groups in total. The summed E-state index contributed by atoms with van der Waals surface area (Å²) in [7, 11) is 0. The van der Waals surface area contributed by atoms with E-state index in [0.29, 0.717) is 11.8 Å². The lowest BCUT2D eigenvalue weighted by Gasteiger charge is -1.95. The molecule has 3 nitrogen and oxygen atoms in total. The average Bonchev–Trinajstić information content (AvgIpc) is 2.90. The van der Waals surface area contributed by atoms with Crippen LogP contribution >= 0.6 is 0 Å². The molecule has 3 rings (SSSR count). The van der Waals surface area contributed by atoms with Gasteiger partial charge in [0.15, 0.2) is 0 Å². The number of aromatic nitrogens is 2. The van der Waals surface area contributed by atoms with Crippen LogP contribution in [-0.4, -0.2) is 16.5 Å². The van der Waals surface area contributed by atoms with Gasteiger partial charge in [0.1, 0.15) is 5.65 Å². The smallest absolute Gasteiger partial charge is 0.137 e. The van der Waals surface area contributed by atoms with Gasteiger partial charge in [-0.3, -0.25) is 0 Å². The van der Waals surface area contributed by atoms with E-state index in [1.165, 1.54) is 17.4 Å². The van der Waals surface area contributed by atoms with Crippen LogP contribution in [0.4, 0.5) is 0 Å². The van der Waals surface area contributed by atoms with Gasteiger partial charge in [0.25, 0.3) is 0 Å². The van der Waals surface area contributed by atoms with Gasteiger partial charge in [-0.1, -0.05) is 0 Å². The summed E-state index contributed by atoms with van der Waals surface area (Å²) >= 11 is 0. The summed E-state index contributed by atoms with van der Waals surface area (Å²) in [5, 5.41) is 1.26. The summed E-state index contributed by atoms with van der Waals surface area (Å²) in [6.45, 7) is 0.803. The van der Waals surface area contributed by atoms with Gasteiger partial charge in [0, 0.05) is 17.8 Å². The van der Waals surface area contributed by atoms with Crippen LogP contribution in [0.1, 0.15) is 17.9 Å². The Hall–Kier alpha value is -1.35. The minimum absolute atomic E-state index is 0.665. The molecule has 2 aromatic rings. The van der Waals surface area contributed by atoms with Crippen molar-refractivity contribution in [2.75, 3.05) is 6.54 Å². The normalized spacial score (nSPS) is 25.5. The molecule has 0 saturated heterocycles. The molecule has 1 fully saturated rings. The Morgan fingerprint density at radius 1 is 1.57 bits per heavy atom. The highest BCUT2D eigenvalue weighted by Gasteiger charge is 2.38. The first kappa shape index (κ1) is 8.00. The summed E-state index contributed by atoms with van der Waals surface area (Å²) in [5.74, 6) is 1.35. The lowest BCUT2D eigenvalue weighted by molar-refractivity contribution is 0.812. The molecule has 2 aromatic heterocycles. The molecule has 2 atom stereocenters. The molecule has 2 heterocycles. The van der Waals surface area contributed by atoms with E-state index in [1.54, 1.807) is 0 Å². The van der Waals surface area contributed by atoms with Gasteiger partial charge in [-0.15, -0.1) is 0 Å². The van der Waals surface area contributed by atoms with Crippen LogP contribution in [0.3, 0.4) is 0 Å². The van der Waals surface area contributed by atoms with E-state index in [-0.39, 0.29) is 0 Å². The highest BCUT2D eigenvalue weighted by Crippen LogP contribution is 2.48. The molecular weight excluding hydrogens is 174 g/mol. The third-order valence-electron chi connectivity index (χ3n) is 3.11. The van der Waals surface area contributed by atoms with E-state index in [9.17, 15) is 0 Å². The van der Waals surface area contributed by atoms with Gasteiger partial charge in [-0.05, 0) is 42.5 Å². The molecule has 1 aliphatic carbocycles. The highest BCUT2D eigenvalue weighted by molar-refractivity contribution is 5.80. The van der Waals surface area contributed by atoms with Crippen molar-refractivity contribution >= 4 is 11.0 Å². The van der Waals surface area contributed by atoms with Gasteiger partial charge in [-0.25, -0.2) is 4.98 Å². The number of H-pyrrole nitrogens is 1. The SMILES string of the molecule is NCC1CC1c1c[nH]c2ncccc12. The molecule has 3 heteroatoms. The Morgan fingerprint density at radius 3 is 3.29 bits per heavy atom. The topological polar surface area (TPSA) is 54.7 Å². The zero-order chi connectivity index (χ0) is 9.54. The number of nitrogens with one attached hydrogen (secondary N) is 1. The molecule has 0 aromatic carbocycles. The molecule has 0 aliphatic heterocycles. The first-order valence-corrected chi connectivity index (χ1v) is 5.02. The predicted molar refractivity (Wildman–Crippen MR) is 56.0 cm³/mol. The third-order valence-corrected chi connectivity index (χ3v) is 3.11. The molecule has 14 heavy (non-hydrogen) atoms. The van der Waals surface area contributed by atoms with Crippen LogP contribution in [0.2, 0.25) is 0 Å². The minimum Gasteiger partial charge on any atom is -0.346 e. The molecule has 0 amide bonds. The van der Waals surface area contributed by atoms with Gasteiger partial charge in [0.2, 0.25) is 0 Å². The lowest BCUT2D eigenvalue weighted by Crippen LogP contribution is -2.01. The van der Waals surface area contributed by atoms with E-state index >= 15 is 0 Å². The summed E-state index contributed by atoms with van der Waals surface area (Å²) in [6.07, 6.45) is 5.13. The van der Waals surface area contributed by atoms with E-state index in [1.807, 2.05) is 12.3 Å². The maximum Gasteiger partial charge on any atom is 0.137 e. The Balaban J connectivity index is 2.06. The van der Waals surface area contributed by atoms with E-state index in [0.717, 1.165) is 12.2 Å². The van der Waals surface area contributed by atoms with Gasteiger partial charge < -0.3 is 10.7 Å². The number of rotatable bonds is 2. The maximum absolute atomic E-state index is 5.65. The molecule has 72 valence electrons. The van der Waals surface area contributed by atoms with Crippen LogP contribution in [0.25, 0.3) is 11.0 Å². The Bertz CT molecular complexity index is 460. The Kier molecular flexibility index (Phi) is 1.61. The van der Waals surface area contributed by atoms with Gasteiger partial charge >= 0.3 is 0 Å². The largest absolute Gasteiger partial charge is 0.346 e. The summed E-state index contributed by atoms with van der Waals surface area (Å²) < 4.78 is 0. The first-order chi connectivity index (χ1) is 6.90. The van der Waals surface area contributed by atoms with E-state index < -0.39 is 0 Å². The van der Waals surface area contributed by atoms with Crippen LogP contribution in [0, 0.1) is 5.92 Å². The maximum atomic E-state index is 5.65. The fourth-order valence-corrected chi connectivity index (χ4v) is 2.17. The van der Waals surface area contributed by atoms with Crippen molar-refractivity contribution in [2.24, 2.45) is 11.7 Å². The number of pyridine rings is 1. The van der Waals surface area contributed by atoms with Crippen molar-refractivity contribution in [3.63, 3.8) is 0 Å². The molecule has 2 unspecified atom stereocenters. The number of nitrogens with zero attached hydrogens (tertiary/aromatic N) is 1. The summed E-state index contributed by atoms with van der Waals surface area (Å²) in [4.78, 5) is 7.48. The lowest BCUT2D eigenvalue weighted by atomic mass is 10.1. The zero-order valence-corrected chi connectivity index (χ0v) is 7.90. The van der Waals surface area contributed by atoms with Crippen molar-refractivity contribution in [3.8, 4) is 0 Å². The standard InChI is InChI=1S/C11H13N3/c12-5-7-4-9(7)10-6-14-11-8(10)2-1-3-13-11/h1-3,6-7,9H,4-5,12H2,(H,13,14). The van der Waals surface area contributed by atoms with Crippen molar-refractivity contribution < 1.29 is 0 Å². The fourth-order valence-electron chi connectivity index (χ4n) is 2.17. The van der Waals surface area contributed by atoms with Crippen LogP contribution < -0.4 is 5.73 Å². The second-order valence-electron chi connectivity index (χ2n) is 3.98. The van der Waals surface area contributed by atoms with Crippen molar-refractivity contribution in [1.82, 2.24) is 9.97 Å². The molecule has 1 aliphatic rings. The second-order valence-corrected chi connectivity index (χ2v) is 3.98. The summed E-state index contributed by atoms with van der Waals surface area (Å²) in [5.41, 5.74) is 8.03. The third kappa shape index (κ3) is 1.06. The van der Waals surface area contributed by atoms with Crippen LogP contribution in [0.15, 0.2) is 24.5 Å². The Morgan fingerprint density at radius 2 is 2.50 bits per heavy atom. The number of hydrogen-bond acceptors (Lipinski definition) is 2. The van der Waals surface area contributed by atoms with Gasteiger partial charge in [-0.2, -0.15) is 0 Å². The van der Waals surface area contributed by atoms with E-state index in [2.05, 4.69) is 22.2 Å². The predicted octanol–water partition coefficient (Wildman–Crippen LogP) is 1.63. The Labute approximate surface area is 82.3 Å². The average molecular weight is 187 g/mol. The van der Waals surface area contributed by atoms with Crippen LogP contribution in [-0.2, 0) is 0 Å². The van der Waals surface area contributed by atoms with Crippen molar-refractivity contribution in [2.45, 2.75) is 12.3 Å². The van der Waals surface area contributed by atoms with Gasteiger partial charge in [0.05, 0.1) is 0 Å². The quantitative estimate of drug-likeness (QED) is 0.750. The molecule has 1 saturated carbocycles. The summed E-state index contributed by atoms with van der Waals surface area (Å²) in [6, 6.07) is 4.11. The highest BCUT2D eigenvalue weighted by atomic mass is 14.8. The van der Waals surface area contributed by atoms with Crippen molar-refractivity contribution in [3.05, 3.63) is 30.1 Å². The molecule has 0 bridgehead atoms. The number of nitrogens with two attached hydrogens (primary N) is 1.